The highest BCUT2D eigenvalue weighted by molar-refractivity contribution is 7.69. The number of rotatable bonds is 4. The van der Waals surface area contributed by atoms with E-state index in [1.54, 1.807) is 24.3 Å². The van der Waals surface area contributed by atoms with Crippen LogP contribution in [0, 0.1) is 0 Å². The fraction of sp³-hybridized carbons (Fsp3) is 0.200. The first-order valence-electron chi connectivity index (χ1n) is 10.8. The van der Waals surface area contributed by atoms with Crippen LogP contribution < -0.4 is 14.2 Å². The highest BCUT2D eigenvalue weighted by Crippen LogP contribution is 2.64. The van der Waals surface area contributed by atoms with E-state index in [-0.39, 0.29) is 12.3 Å². The van der Waals surface area contributed by atoms with Crippen molar-refractivity contribution in [2.24, 2.45) is 0 Å². The second kappa shape index (κ2) is 8.29. The maximum atomic E-state index is 15.1. The van der Waals surface area contributed by atoms with E-state index in [2.05, 4.69) is 0 Å². The molecule has 0 saturated carbocycles. The van der Waals surface area contributed by atoms with Gasteiger partial charge < -0.3 is 9.34 Å². The maximum Gasteiger partial charge on any atom is 0.275 e. The molecule has 32 heavy (non-hydrogen) atoms. The zero-order valence-corrected chi connectivity index (χ0v) is 18.5. The second-order valence-corrected chi connectivity index (χ2v) is 10.8. The van der Waals surface area contributed by atoms with Crippen molar-refractivity contribution in [1.29, 1.82) is 0 Å². The molecule has 1 atom stereocenters. The fourth-order valence-corrected chi connectivity index (χ4v) is 8.16. The Kier molecular flexibility index (Phi) is 5.32. The van der Waals surface area contributed by atoms with Crippen LogP contribution in [0.3, 0.4) is 0 Å². The summed E-state index contributed by atoms with van der Waals surface area (Å²) in [5.74, 6) is -0.707. The summed E-state index contributed by atoms with van der Waals surface area (Å²) in [6.07, 6.45) is 0.725. The number of imide groups is 1. The number of carbonyl (C=O) groups excluding carboxylic acids is 2. The lowest BCUT2D eigenvalue weighted by molar-refractivity contribution is -0.121. The molecule has 162 valence electrons. The predicted octanol–water partition coefficient (Wildman–Crippen LogP) is 4.93. The Morgan fingerprint density at radius 2 is 1.09 bits per heavy atom. The molecule has 2 fully saturated rings. The number of benzene rings is 3. The van der Waals surface area contributed by atoms with E-state index in [9.17, 15) is 9.59 Å². The van der Waals surface area contributed by atoms with Gasteiger partial charge in [-0.3, -0.25) is 14.2 Å². The molecule has 3 aromatic rings. The molecule has 1 unspecified atom stereocenters. The Bertz CT molecular complexity index is 1120. The van der Waals surface area contributed by atoms with Gasteiger partial charge in [-0.15, -0.1) is 0 Å². The maximum absolute atomic E-state index is 15.1. The molecular formula is C25H24N3O3P. The summed E-state index contributed by atoms with van der Waals surface area (Å²) in [4.78, 5) is 27.9. The predicted molar refractivity (Wildman–Crippen MR) is 127 cm³/mol. The van der Waals surface area contributed by atoms with Crippen LogP contribution in [0.15, 0.2) is 91.0 Å². The smallest absolute Gasteiger partial charge is 0.275 e. The van der Waals surface area contributed by atoms with E-state index in [1.165, 1.54) is 4.90 Å². The number of carbonyl (C=O) groups is 2. The number of nitrogens with zero attached hydrogens (tertiary/aromatic N) is 3. The Labute approximate surface area is 187 Å². The number of hydrogen-bond donors (Lipinski definition) is 0. The second-order valence-electron chi connectivity index (χ2n) is 7.98. The van der Waals surface area contributed by atoms with E-state index in [0.29, 0.717) is 18.8 Å². The van der Waals surface area contributed by atoms with Gasteiger partial charge in [0.15, 0.2) is 0 Å². The Balaban J connectivity index is 1.63. The van der Waals surface area contributed by atoms with Crippen LogP contribution in [-0.4, -0.2) is 30.6 Å². The molecule has 7 heteroatoms. The van der Waals surface area contributed by atoms with E-state index in [0.717, 1.165) is 17.8 Å². The van der Waals surface area contributed by atoms with Gasteiger partial charge in [0.1, 0.15) is 5.66 Å². The number of hydrogen-bond acceptors (Lipinski definition) is 3. The molecule has 2 heterocycles. The molecule has 0 spiro atoms. The van der Waals surface area contributed by atoms with Crippen LogP contribution in [0.4, 0.5) is 17.1 Å². The van der Waals surface area contributed by atoms with Crippen molar-refractivity contribution in [2.75, 3.05) is 27.3 Å². The van der Waals surface area contributed by atoms with Gasteiger partial charge in [-0.1, -0.05) is 54.6 Å². The normalized spacial score (nSPS) is 20.6. The van der Waals surface area contributed by atoms with E-state index < -0.39 is 19.0 Å². The van der Waals surface area contributed by atoms with Crippen molar-refractivity contribution >= 4 is 36.3 Å². The average Bonchev–Trinajstić information content (AvgIpc) is 3.15. The molecule has 5 rings (SSSR count). The van der Waals surface area contributed by atoms with E-state index in [1.807, 2.05) is 76.1 Å². The lowest BCUT2D eigenvalue weighted by Gasteiger charge is -2.47. The van der Waals surface area contributed by atoms with Crippen molar-refractivity contribution in [1.82, 2.24) is 0 Å². The summed E-state index contributed by atoms with van der Waals surface area (Å²) in [6.45, 7) is 1.13. The highest BCUT2D eigenvalue weighted by atomic mass is 31.2. The summed E-state index contributed by atoms with van der Waals surface area (Å²) >= 11 is 0. The van der Waals surface area contributed by atoms with Gasteiger partial charge in [-0.05, 0) is 42.8 Å². The summed E-state index contributed by atoms with van der Waals surface area (Å²) < 4.78 is 18.8. The SMILES string of the molecule is O=C1CC(P2(=O)N(c3ccccc3)CCCN2c2ccccc2)C(=O)N1c1ccccc1. The molecule has 2 amide bonds. The standard InChI is InChI=1S/C25H24N3O3P/c29-24-19-23(25(30)28(24)22-15-8-3-9-16-22)32(31)26(20-11-4-1-5-12-20)17-10-18-27(32)21-13-6-2-7-14-21/h1-9,11-16,23H,10,17-19H2. The van der Waals surface area contributed by atoms with Crippen molar-refractivity contribution < 1.29 is 14.2 Å². The Morgan fingerprint density at radius 3 is 1.56 bits per heavy atom. The molecular weight excluding hydrogens is 421 g/mol. The molecule has 2 aliphatic rings. The first kappa shape index (κ1) is 20.5. The van der Waals surface area contributed by atoms with Crippen molar-refractivity contribution in [3.05, 3.63) is 91.0 Å². The molecule has 0 bridgehead atoms. The van der Waals surface area contributed by atoms with Crippen LogP contribution in [-0.2, 0) is 14.2 Å². The molecule has 0 N–H and O–H groups in total. The quantitative estimate of drug-likeness (QED) is 0.421. The summed E-state index contributed by atoms with van der Waals surface area (Å²) in [7, 11) is -3.52. The summed E-state index contributed by atoms with van der Waals surface area (Å²) in [5, 5.41) is 0. The van der Waals surface area contributed by atoms with Crippen molar-refractivity contribution in [2.45, 2.75) is 18.5 Å². The van der Waals surface area contributed by atoms with Gasteiger partial charge in [-0.25, -0.2) is 4.90 Å². The monoisotopic (exact) mass is 445 g/mol. The largest absolute Gasteiger partial charge is 0.306 e. The van der Waals surface area contributed by atoms with Crippen LogP contribution in [0.25, 0.3) is 0 Å². The molecule has 0 radical (unpaired) electrons. The van der Waals surface area contributed by atoms with Crippen molar-refractivity contribution in [3.8, 4) is 0 Å². The Hall–Kier alpha value is -3.37. The average molecular weight is 445 g/mol. The van der Waals surface area contributed by atoms with Crippen LogP contribution in [0.1, 0.15) is 12.8 Å². The third kappa shape index (κ3) is 3.32. The molecule has 2 aliphatic heterocycles. The van der Waals surface area contributed by atoms with Gasteiger partial charge in [0.05, 0.1) is 5.69 Å². The van der Waals surface area contributed by atoms with Gasteiger partial charge in [-0.2, -0.15) is 0 Å². The summed E-state index contributed by atoms with van der Waals surface area (Å²) in [6, 6.07) is 28.0. The first-order chi connectivity index (χ1) is 15.6. The third-order valence-electron chi connectivity index (χ3n) is 6.08. The van der Waals surface area contributed by atoms with Gasteiger partial charge in [0.25, 0.3) is 7.44 Å². The minimum Gasteiger partial charge on any atom is -0.306 e. The van der Waals surface area contributed by atoms with Gasteiger partial charge in [0.2, 0.25) is 11.8 Å². The number of para-hydroxylation sites is 3. The number of amides is 2. The zero-order valence-electron chi connectivity index (χ0n) is 17.6. The topological polar surface area (TPSA) is 60.9 Å². The zero-order chi connectivity index (χ0) is 22.1. The fourth-order valence-electron chi connectivity index (χ4n) is 4.64. The van der Waals surface area contributed by atoms with Gasteiger partial charge in [0, 0.05) is 30.9 Å². The van der Waals surface area contributed by atoms with Crippen LogP contribution in [0.2, 0.25) is 0 Å². The minimum atomic E-state index is -3.52. The van der Waals surface area contributed by atoms with Crippen LogP contribution >= 0.6 is 7.44 Å². The van der Waals surface area contributed by atoms with E-state index >= 15 is 4.57 Å². The molecule has 0 aromatic heterocycles. The summed E-state index contributed by atoms with van der Waals surface area (Å²) in [5.41, 5.74) is 1.19. The lowest BCUT2D eigenvalue weighted by Crippen LogP contribution is -2.46. The lowest BCUT2D eigenvalue weighted by atomic mass is 10.3. The molecule has 3 aromatic carbocycles. The van der Waals surface area contributed by atoms with Crippen LogP contribution in [0.5, 0.6) is 0 Å². The first-order valence-corrected chi connectivity index (χ1v) is 12.5. The molecule has 0 aliphatic carbocycles. The minimum absolute atomic E-state index is 0.0718. The third-order valence-corrected chi connectivity index (χ3v) is 9.54. The number of anilines is 3. The van der Waals surface area contributed by atoms with Gasteiger partial charge >= 0.3 is 0 Å². The molecule has 2 saturated heterocycles. The highest BCUT2D eigenvalue weighted by Gasteiger charge is 2.56. The Morgan fingerprint density at radius 1 is 0.656 bits per heavy atom. The molecule has 6 nitrogen and oxygen atoms in total. The van der Waals surface area contributed by atoms with E-state index in [4.69, 9.17) is 0 Å². The van der Waals surface area contributed by atoms with Crippen molar-refractivity contribution in [3.63, 3.8) is 0 Å².